The van der Waals surface area contributed by atoms with E-state index in [-0.39, 0.29) is 22.4 Å². The first kappa shape index (κ1) is 17.3. The van der Waals surface area contributed by atoms with Crippen LogP contribution in [0.2, 0.25) is 0 Å². The van der Waals surface area contributed by atoms with Crippen LogP contribution in [0.5, 0.6) is 0 Å². The molecule has 11 heteroatoms. The third-order valence-corrected chi connectivity index (χ3v) is 3.63. The van der Waals surface area contributed by atoms with Gasteiger partial charge in [0.1, 0.15) is 11.4 Å². The monoisotopic (exact) mass is 365 g/mol. The van der Waals surface area contributed by atoms with E-state index in [0.717, 1.165) is 10.6 Å². The van der Waals surface area contributed by atoms with E-state index in [2.05, 4.69) is 15.3 Å². The van der Waals surface area contributed by atoms with Crippen molar-refractivity contribution >= 4 is 22.4 Å². The molecule has 134 valence electrons. The zero-order chi connectivity index (χ0) is 19.1. The number of halogens is 3. The fraction of sp³-hybridized carbons (Fsp3) is 0.133. The Morgan fingerprint density at radius 1 is 1.27 bits per heavy atom. The van der Waals surface area contributed by atoms with Gasteiger partial charge in [0.05, 0.1) is 16.8 Å². The quantitative estimate of drug-likeness (QED) is 0.565. The molecule has 0 unspecified atom stereocenters. The van der Waals surface area contributed by atoms with Crippen LogP contribution in [0.25, 0.3) is 16.7 Å². The van der Waals surface area contributed by atoms with Gasteiger partial charge in [-0.05, 0) is 24.3 Å². The second-order valence-electron chi connectivity index (χ2n) is 5.15. The smallest absolute Gasteiger partial charge is 0.382 e. The van der Waals surface area contributed by atoms with Crippen molar-refractivity contribution < 1.29 is 18.1 Å². The van der Waals surface area contributed by atoms with E-state index < -0.39 is 28.0 Å². The van der Waals surface area contributed by atoms with Gasteiger partial charge in [0.15, 0.2) is 5.65 Å². The molecule has 26 heavy (non-hydrogen) atoms. The molecule has 0 aromatic carbocycles. The Morgan fingerprint density at radius 2 is 2.00 bits per heavy atom. The summed E-state index contributed by atoms with van der Waals surface area (Å²) in [4.78, 5) is 30.5. The minimum atomic E-state index is -4.74. The second-order valence-corrected chi connectivity index (χ2v) is 5.15. The topological polar surface area (TPSA) is 103 Å². The summed E-state index contributed by atoms with van der Waals surface area (Å²) >= 11 is 0. The number of rotatable bonds is 3. The molecule has 0 radical (unpaired) electrons. The molecule has 3 heterocycles. The highest BCUT2D eigenvalue weighted by molar-refractivity contribution is 5.95. The number of alkyl halides is 3. The predicted molar refractivity (Wildman–Crippen MR) is 86.3 cm³/mol. The highest BCUT2D eigenvalue weighted by Crippen LogP contribution is 2.34. The molecule has 0 aliphatic carbocycles. The van der Waals surface area contributed by atoms with Gasteiger partial charge in [-0.3, -0.25) is 24.5 Å². The van der Waals surface area contributed by atoms with Gasteiger partial charge in [0.2, 0.25) is 0 Å². The molecule has 8 nitrogen and oxygen atoms in total. The molecule has 3 rings (SSSR count). The summed E-state index contributed by atoms with van der Waals surface area (Å²) < 4.78 is 39.9. The first-order valence-electron chi connectivity index (χ1n) is 7.15. The first-order chi connectivity index (χ1) is 12.3. The van der Waals surface area contributed by atoms with Gasteiger partial charge in [-0.2, -0.15) is 13.2 Å². The standard InChI is InChI=1S/C15H10F3N5O3/c1-19-11-9-4-5-10(15(16,17)18)21-13(9)22(8-3-2-6-20-7-8)14(24)12(11)23(25)26/h2-7,19H,1H3. The number of nitrogens with one attached hydrogen (secondary N) is 1. The van der Waals surface area contributed by atoms with Crippen LogP contribution < -0.4 is 10.9 Å². The highest BCUT2D eigenvalue weighted by atomic mass is 19.4. The number of fused-ring (bicyclic) bond motifs is 1. The van der Waals surface area contributed by atoms with Crippen LogP contribution in [0, 0.1) is 10.1 Å². The average Bonchev–Trinajstić information content (AvgIpc) is 2.59. The predicted octanol–water partition coefficient (Wildman–Crippen LogP) is 2.75. The molecule has 0 saturated heterocycles. The van der Waals surface area contributed by atoms with E-state index in [1.165, 1.54) is 31.6 Å². The minimum absolute atomic E-state index is 0.00402. The largest absolute Gasteiger partial charge is 0.433 e. The van der Waals surface area contributed by atoms with Crippen molar-refractivity contribution in [3.8, 4) is 5.69 Å². The maximum atomic E-state index is 13.1. The molecular weight excluding hydrogens is 355 g/mol. The number of hydrogen-bond acceptors (Lipinski definition) is 6. The van der Waals surface area contributed by atoms with Gasteiger partial charge in [-0.25, -0.2) is 4.98 Å². The Kier molecular flexibility index (Phi) is 4.06. The van der Waals surface area contributed by atoms with Crippen molar-refractivity contribution in [2.24, 2.45) is 0 Å². The summed E-state index contributed by atoms with van der Waals surface area (Å²) in [5.74, 6) is 0. The minimum Gasteiger partial charge on any atom is -0.382 e. The summed E-state index contributed by atoms with van der Waals surface area (Å²) in [6.45, 7) is 0. The van der Waals surface area contributed by atoms with Crippen molar-refractivity contribution in [3.63, 3.8) is 0 Å². The second kappa shape index (κ2) is 6.10. The summed E-state index contributed by atoms with van der Waals surface area (Å²) in [6, 6.07) is 4.57. The van der Waals surface area contributed by atoms with E-state index in [9.17, 15) is 28.1 Å². The lowest BCUT2D eigenvalue weighted by atomic mass is 10.2. The Balaban J connectivity index is 2.55. The average molecular weight is 365 g/mol. The zero-order valence-electron chi connectivity index (χ0n) is 13.1. The number of anilines is 1. The van der Waals surface area contributed by atoms with Crippen LogP contribution in [0.3, 0.4) is 0 Å². The normalized spacial score (nSPS) is 11.5. The molecule has 0 amide bonds. The van der Waals surface area contributed by atoms with Crippen molar-refractivity contribution in [2.45, 2.75) is 6.18 Å². The maximum absolute atomic E-state index is 13.1. The fourth-order valence-corrected chi connectivity index (χ4v) is 2.56. The maximum Gasteiger partial charge on any atom is 0.433 e. The Bertz CT molecular complexity index is 1060. The summed E-state index contributed by atoms with van der Waals surface area (Å²) in [7, 11) is 1.33. The lowest BCUT2D eigenvalue weighted by Gasteiger charge is -2.14. The van der Waals surface area contributed by atoms with Gasteiger partial charge < -0.3 is 5.32 Å². The summed E-state index contributed by atoms with van der Waals surface area (Å²) in [5.41, 5.74) is -3.67. The molecule has 3 aromatic rings. The van der Waals surface area contributed by atoms with Crippen molar-refractivity contribution in [2.75, 3.05) is 12.4 Å². The van der Waals surface area contributed by atoms with Gasteiger partial charge in [-0.1, -0.05) is 0 Å². The van der Waals surface area contributed by atoms with E-state index >= 15 is 0 Å². The summed E-state index contributed by atoms with van der Waals surface area (Å²) in [5, 5.41) is 13.9. The van der Waals surface area contributed by atoms with Crippen molar-refractivity contribution in [1.82, 2.24) is 14.5 Å². The molecule has 0 bridgehead atoms. The Labute approximate surface area is 143 Å². The molecule has 3 aromatic heterocycles. The van der Waals surface area contributed by atoms with Crippen LogP contribution in [0.15, 0.2) is 41.5 Å². The highest BCUT2D eigenvalue weighted by Gasteiger charge is 2.34. The van der Waals surface area contributed by atoms with Crippen LogP contribution in [-0.4, -0.2) is 26.5 Å². The SMILES string of the molecule is CNc1c([N+](=O)[O-])c(=O)n(-c2cccnc2)c2nc(C(F)(F)F)ccc12. The van der Waals surface area contributed by atoms with Gasteiger partial charge >= 0.3 is 17.4 Å². The molecule has 0 spiro atoms. The van der Waals surface area contributed by atoms with Crippen molar-refractivity contribution in [3.05, 3.63) is 62.8 Å². The molecule has 1 N–H and O–H groups in total. The third kappa shape index (κ3) is 2.72. The molecule has 0 fully saturated rings. The number of hydrogen-bond donors (Lipinski definition) is 1. The molecule has 0 atom stereocenters. The fourth-order valence-electron chi connectivity index (χ4n) is 2.56. The van der Waals surface area contributed by atoms with Crippen molar-refractivity contribution in [1.29, 1.82) is 0 Å². The number of nitro groups is 1. The van der Waals surface area contributed by atoms with Crippen LogP contribution >= 0.6 is 0 Å². The molecular formula is C15H10F3N5O3. The lowest BCUT2D eigenvalue weighted by Crippen LogP contribution is -2.24. The van der Waals surface area contributed by atoms with Crippen LogP contribution in [0.4, 0.5) is 24.5 Å². The van der Waals surface area contributed by atoms with Crippen LogP contribution in [-0.2, 0) is 6.18 Å². The zero-order valence-corrected chi connectivity index (χ0v) is 13.1. The number of aromatic nitrogens is 3. The van der Waals surface area contributed by atoms with E-state index in [4.69, 9.17) is 0 Å². The van der Waals surface area contributed by atoms with E-state index in [0.29, 0.717) is 6.07 Å². The van der Waals surface area contributed by atoms with E-state index in [1.54, 1.807) is 0 Å². The summed E-state index contributed by atoms with van der Waals surface area (Å²) in [6.07, 6.45) is -2.15. The van der Waals surface area contributed by atoms with E-state index in [1.807, 2.05) is 0 Å². The van der Waals surface area contributed by atoms with Gasteiger partial charge in [0, 0.05) is 18.6 Å². The van der Waals surface area contributed by atoms with Gasteiger partial charge in [-0.15, -0.1) is 0 Å². The lowest BCUT2D eigenvalue weighted by molar-refractivity contribution is -0.385. The number of pyridine rings is 3. The Hall–Kier alpha value is -3.50. The van der Waals surface area contributed by atoms with Crippen LogP contribution in [0.1, 0.15) is 5.69 Å². The molecule has 0 saturated carbocycles. The first-order valence-corrected chi connectivity index (χ1v) is 7.15. The van der Waals surface area contributed by atoms with Gasteiger partial charge in [0.25, 0.3) is 0 Å². The number of nitrogens with zero attached hydrogens (tertiary/aromatic N) is 4. The third-order valence-electron chi connectivity index (χ3n) is 3.63. The molecule has 0 aliphatic rings. The Morgan fingerprint density at radius 3 is 2.54 bits per heavy atom. The molecule has 0 aliphatic heterocycles.